The first-order valence-corrected chi connectivity index (χ1v) is 6.06. The fraction of sp³-hybridized carbons (Fsp3) is 0.538. The molecular formula is C13H17FN2. The summed E-state index contributed by atoms with van der Waals surface area (Å²) in [6.45, 7) is 3.17. The van der Waals surface area contributed by atoms with Crippen LogP contribution in [0.2, 0.25) is 0 Å². The van der Waals surface area contributed by atoms with Crippen LogP contribution in [0, 0.1) is 5.82 Å². The molecule has 0 bridgehead atoms. The number of nitrogens with one attached hydrogen (secondary N) is 1. The Balaban J connectivity index is 1.73. The lowest BCUT2D eigenvalue weighted by atomic mass is 10.0. The molecule has 2 aliphatic rings. The Labute approximate surface area is 95.4 Å². The molecule has 1 saturated heterocycles. The minimum absolute atomic E-state index is 0.136. The Kier molecular flexibility index (Phi) is 2.65. The van der Waals surface area contributed by atoms with E-state index in [0.717, 1.165) is 31.2 Å². The van der Waals surface area contributed by atoms with Crippen LogP contribution in [-0.4, -0.2) is 30.6 Å². The second-order valence-corrected chi connectivity index (χ2v) is 4.79. The van der Waals surface area contributed by atoms with E-state index in [1.165, 1.54) is 18.9 Å². The van der Waals surface area contributed by atoms with Gasteiger partial charge in [-0.2, -0.15) is 0 Å². The van der Waals surface area contributed by atoms with Crippen molar-refractivity contribution in [3.8, 4) is 0 Å². The Bertz CT molecular complexity index is 376. The summed E-state index contributed by atoms with van der Waals surface area (Å²) in [7, 11) is 0. The quantitative estimate of drug-likeness (QED) is 0.819. The third kappa shape index (κ3) is 2.11. The molecule has 1 heterocycles. The number of hydrogen-bond acceptors (Lipinski definition) is 2. The highest BCUT2D eigenvalue weighted by Gasteiger charge is 2.32. The van der Waals surface area contributed by atoms with Gasteiger partial charge in [0.05, 0.1) is 0 Å². The van der Waals surface area contributed by atoms with Crippen molar-refractivity contribution in [3.05, 3.63) is 35.6 Å². The van der Waals surface area contributed by atoms with Crippen molar-refractivity contribution < 1.29 is 4.39 Å². The lowest BCUT2D eigenvalue weighted by molar-refractivity contribution is 0.192. The van der Waals surface area contributed by atoms with Crippen LogP contribution in [0.1, 0.15) is 24.4 Å². The lowest BCUT2D eigenvalue weighted by Gasteiger charge is -2.34. The van der Waals surface area contributed by atoms with Crippen molar-refractivity contribution in [1.82, 2.24) is 10.2 Å². The van der Waals surface area contributed by atoms with Gasteiger partial charge in [-0.3, -0.25) is 4.90 Å². The average Bonchev–Trinajstić information content (AvgIpc) is 3.13. The molecule has 1 aliphatic heterocycles. The van der Waals surface area contributed by atoms with Crippen molar-refractivity contribution in [2.45, 2.75) is 24.9 Å². The van der Waals surface area contributed by atoms with E-state index < -0.39 is 0 Å². The highest BCUT2D eigenvalue weighted by atomic mass is 19.1. The summed E-state index contributed by atoms with van der Waals surface area (Å²) in [5.41, 5.74) is 1.07. The maximum absolute atomic E-state index is 13.1. The minimum Gasteiger partial charge on any atom is -0.308 e. The predicted molar refractivity (Wildman–Crippen MR) is 61.7 cm³/mol. The molecule has 2 fully saturated rings. The maximum atomic E-state index is 13.1. The van der Waals surface area contributed by atoms with Gasteiger partial charge in [0, 0.05) is 31.7 Å². The zero-order valence-corrected chi connectivity index (χ0v) is 9.32. The van der Waals surface area contributed by atoms with Gasteiger partial charge in [-0.25, -0.2) is 4.39 Å². The lowest BCUT2D eigenvalue weighted by Crippen LogP contribution is -2.46. The molecule has 0 radical (unpaired) electrons. The summed E-state index contributed by atoms with van der Waals surface area (Å²) in [5.74, 6) is -0.136. The zero-order valence-electron chi connectivity index (χ0n) is 9.32. The van der Waals surface area contributed by atoms with Crippen LogP contribution < -0.4 is 5.32 Å². The van der Waals surface area contributed by atoms with Gasteiger partial charge in [0.25, 0.3) is 0 Å². The monoisotopic (exact) mass is 220 g/mol. The number of piperazine rings is 1. The maximum Gasteiger partial charge on any atom is 0.123 e. The third-order valence-corrected chi connectivity index (χ3v) is 3.52. The highest BCUT2D eigenvalue weighted by Crippen LogP contribution is 2.30. The van der Waals surface area contributed by atoms with E-state index in [9.17, 15) is 4.39 Å². The summed E-state index contributed by atoms with van der Waals surface area (Å²) in [6, 6.07) is 8.06. The molecule has 1 aromatic rings. The normalized spacial score (nSPS) is 26.9. The van der Waals surface area contributed by atoms with Crippen LogP contribution in [0.25, 0.3) is 0 Å². The first-order valence-electron chi connectivity index (χ1n) is 6.06. The van der Waals surface area contributed by atoms with E-state index in [1.807, 2.05) is 6.07 Å². The third-order valence-electron chi connectivity index (χ3n) is 3.52. The second kappa shape index (κ2) is 4.15. The fourth-order valence-electron chi connectivity index (χ4n) is 2.49. The molecule has 1 aliphatic carbocycles. The van der Waals surface area contributed by atoms with Crippen LogP contribution in [-0.2, 0) is 0 Å². The zero-order chi connectivity index (χ0) is 11.0. The number of halogens is 1. The van der Waals surface area contributed by atoms with Gasteiger partial charge in [0.1, 0.15) is 5.82 Å². The Hall–Kier alpha value is -0.930. The predicted octanol–water partition coefficient (Wildman–Crippen LogP) is 1.93. The van der Waals surface area contributed by atoms with Crippen LogP contribution >= 0.6 is 0 Å². The molecule has 1 atom stereocenters. The van der Waals surface area contributed by atoms with Crippen molar-refractivity contribution in [3.63, 3.8) is 0 Å². The molecule has 3 heteroatoms. The molecular weight excluding hydrogens is 203 g/mol. The van der Waals surface area contributed by atoms with Crippen molar-refractivity contribution in [2.24, 2.45) is 0 Å². The first kappa shape index (κ1) is 10.2. The molecule has 1 N–H and O–H groups in total. The summed E-state index contributed by atoms with van der Waals surface area (Å²) in [6.07, 6.45) is 2.69. The van der Waals surface area contributed by atoms with Gasteiger partial charge in [-0.1, -0.05) is 12.1 Å². The number of rotatable bonds is 2. The summed E-state index contributed by atoms with van der Waals surface area (Å²) in [4.78, 5) is 2.53. The molecule has 86 valence electrons. The Morgan fingerprint density at radius 1 is 1.31 bits per heavy atom. The van der Waals surface area contributed by atoms with Crippen LogP contribution in [0.4, 0.5) is 4.39 Å². The summed E-state index contributed by atoms with van der Waals surface area (Å²) < 4.78 is 13.1. The Morgan fingerprint density at radius 2 is 2.19 bits per heavy atom. The second-order valence-electron chi connectivity index (χ2n) is 4.79. The van der Waals surface area contributed by atoms with E-state index >= 15 is 0 Å². The molecule has 1 aromatic carbocycles. The minimum atomic E-state index is -0.136. The van der Waals surface area contributed by atoms with E-state index in [4.69, 9.17) is 0 Å². The smallest absolute Gasteiger partial charge is 0.123 e. The number of hydrogen-bond donors (Lipinski definition) is 1. The van der Waals surface area contributed by atoms with Gasteiger partial charge >= 0.3 is 0 Å². The molecule has 1 saturated carbocycles. The van der Waals surface area contributed by atoms with Crippen molar-refractivity contribution >= 4 is 0 Å². The average molecular weight is 220 g/mol. The van der Waals surface area contributed by atoms with E-state index in [2.05, 4.69) is 10.2 Å². The van der Waals surface area contributed by atoms with E-state index in [0.29, 0.717) is 6.04 Å². The standard InChI is InChI=1S/C13H17FN2/c14-11-3-1-2-10(8-11)13-9-16(7-6-15-13)12-4-5-12/h1-3,8,12-13,15H,4-7,9H2. The van der Waals surface area contributed by atoms with Gasteiger partial charge in [0.2, 0.25) is 0 Å². The van der Waals surface area contributed by atoms with Crippen molar-refractivity contribution in [2.75, 3.05) is 19.6 Å². The van der Waals surface area contributed by atoms with Crippen LogP contribution in [0.5, 0.6) is 0 Å². The van der Waals surface area contributed by atoms with Gasteiger partial charge < -0.3 is 5.32 Å². The van der Waals surface area contributed by atoms with E-state index in [-0.39, 0.29) is 5.82 Å². The number of benzene rings is 1. The fourth-order valence-corrected chi connectivity index (χ4v) is 2.49. The summed E-state index contributed by atoms with van der Waals surface area (Å²) in [5, 5.41) is 3.47. The molecule has 2 nitrogen and oxygen atoms in total. The molecule has 0 aromatic heterocycles. The first-order chi connectivity index (χ1) is 7.83. The summed E-state index contributed by atoms with van der Waals surface area (Å²) >= 11 is 0. The van der Waals surface area contributed by atoms with Crippen molar-refractivity contribution in [1.29, 1.82) is 0 Å². The van der Waals surface area contributed by atoms with E-state index in [1.54, 1.807) is 12.1 Å². The molecule has 3 rings (SSSR count). The molecule has 0 spiro atoms. The van der Waals surface area contributed by atoms with Gasteiger partial charge in [0.15, 0.2) is 0 Å². The Morgan fingerprint density at radius 3 is 2.94 bits per heavy atom. The molecule has 1 unspecified atom stereocenters. The topological polar surface area (TPSA) is 15.3 Å². The molecule has 16 heavy (non-hydrogen) atoms. The van der Waals surface area contributed by atoms with Crippen LogP contribution in [0.3, 0.4) is 0 Å². The SMILES string of the molecule is Fc1cccc(C2CN(C3CC3)CCN2)c1. The number of nitrogens with zero attached hydrogens (tertiary/aromatic N) is 1. The highest BCUT2D eigenvalue weighted by molar-refractivity contribution is 5.21. The largest absolute Gasteiger partial charge is 0.308 e. The molecule has 0 amide bonds. The van der Waals surface area contributed by atoms with Gasteiger partial charge in [-0.15, -0.1) is 0 Å². The van der Waals surface area contributed by atoms with Crippen LogP contribution in [0.15, 0.2) is 24.3 Å². The van der Waals surface area contributed by atoms with Gasteiger partial charge in [-0.05, 0) is 30.5 Å².